The van der Waals surface area contributed by atoms with E-state index in [1.807, 2.05) is 0 Å². The van der Waals surface area contributed by atoms with Gasteiger partial charge in [-0.1, -0.05) is 23.2 Å². The van der Waals surface area contributed by atoms with Crippen LogP contribution in [0.15, 0.2) is 23.6 Å². The van der Waals surface area contributed by atoms with Crippen LogP contribution in [0.4, 0.5) is 13.2 Å². The molecule has 0 spiro atoms. The van der Waals surface area contributed by atoms with E-state index >= 15 is 0 Å². The first-order chi connectivity index (χ1) is 7.70. The zero-order valence-corrected chi connectivity index (χ0v) is 10.8. The summed E-state index contributed by atoms with van der Waals surface area (Å²) in [6.45, 7) is 0. The average Bonchev–Trinajstić information content (AvgIpc) is 2.10. The van der Waals surface area contributed by atoms with Crippen LogP contribution in [0.5, 0.6) is 0 Å². The summed E-state index contributed by atoms with van der Waals surface area (Å²) in [6.07, 6.45) is -3.46. The van der Waals surface area contributed by atoms with Gasteiger partial charge in [0.15, 0.2) is 0 Å². The van der Waals surface area contributed by atoms with E-state index in [0.717, 1.165) is 18.4 Å². The molecule has 0 saturated carbocycles. The monoisotopic (exact) mass is 302 g/mol. The first kappa shape index (κ1) is 14.7. The van der Waals surface area contributed by atoms with Crippen LogP contribution in [0.1, 0.15) is 5.56 Å². The van der Waals surface area contributed by atoms with Crippen molar-refractivity contribution in [3.05, 3.63) is 39.2 Å². The molecule has 1 aromatic rings. The largest absolute Gasteiger partial charge is 0.612 e. The van der Waals surface area contributed by atoms with Gasteiger partial charge in [-0.15, -0.1) is 0 Å². The second-order valence-electron chi connectivity index (χ2n) is 3.19. The number of hydrogen-bond donors (Lipinski definition) is 0. The number of benzene rings is 1. The van der Waals surface area contributed by atoms with E-state index in [9.17, 15) is 17.7 Å². The second-order valence-corrected chi connectivity index (χ2v) is 5.29. The van der Waals surface area contributed by atoms with Gasteiger partial charge in [0.05, 0.1) is 6.26 Å². The molecule has 1 aromatic carbocycles. The molecule has 0 N–H and O–H groups in total. The van der Waals surface area contributed by atoms with Crippen LogP contribution in [-0.4, -0.2) is 17.0 Å². The van der Waals surface area contributed by atoms with Crippen LogP contribution in [0.25, 0.3) is 5.57 Å². The molecule has 1 rings (SSSR count). The van der Waals surface area contributed by atoms with Crippen molar-refractivity contribution in [3.63, 3.8) is 0 Å². The minimum absolute atomic E-state index is 0.0875. The normalized spacial score (nSPS) is 14.9. The maximum atomic E-state index is 12.7. The summed E-state index contributed by atoms with van der Waals surface area (Å²) in [5, 5.41) is 0.802. The van der Waals surface area contributed by atoms with Crippen molar-refractivity contribution in [1.29, 1.82) is 0 Å². The molecule has 1 atom stereocenters. The zero-order valence-electron chi connectivity index (χ0n) is 8.52. The van der Waals surface area contributed by atoms with E-state index < -0.39 is 22.9 Å². The van der Waals surface area contributed by atoms with Gasteiger partial charge in [0.1, 0.15) is 11.0 Å². The minimum atomic E-state index is -4.61. The van der Waals surface area contributed by atoms with Gasteiger partial charge in [0.25, 0.3) is 0 Å². The molecule has 0 aliphatic rings. The first-order valence-corrected chi connectivity index (χ1v) is 6.65. The Morgan fingerprint density at radius 3 is 2.06 bits per heavy atom. The minimum Gasteiger partial charge on any atom is -0.612 e. The van der Waals surface area contributed by atoms with Gasteiger partial charge < -0.3 is 4.55 Å². The van der Waals surface area contributed by atoms with E-state index in [1.165, 1.54) is 6.07 Å². The van der Waals surface area contributed by atoms with Gasteiger partial charge in [-0.2, -0.15) is 13.2 Å². The molecular weight excluding hydrogens is 296 g/mol. The molecule has 0 saturated heterocycles. The van der Waals surface area contributed by atoms with Crippen molar-refractivity contribution >= 4 is 40.0 Å². The Balaban J connectivity index is 3.33. The van der Waals surface area contributed by atoms with Crippen molar-refractivity contribution in [3.8, 4) is 0 Å². The van der Waals surface area contributed by atoms with Crippen LogP contribution in [0, 0.1) is 0 Å². The van der Waals surface area contributed by atoms with Crippen molar-refractivity contribution < 1.29 is 17.7 Å². The summed E-state index contributed by atoms with van der Waals surface area (Å²) in [4.78, 5) is 0. The molecule has 0 amide bonds. The highest BCUT2D eigenvalue weighted by Crippen LogP contribution is 2.36. The van der Waals surface area contributed by atoms with E-state index in [-0.39, 0.29) is 15.6 Å². The van der Waals surface area contributed by atoms with Crippen LogP contribution in [0.3, 0.4) is 0 Å². The van der Waals surface area contributed by atoms with Crippen LogP contribution < -0.4 is 0 Å². The van der Waals surface area contributed by atoms with Crippen molar-refractivity contribution in [1.82, 2.24) is 0 Å². The number of alkyl halides is 3. The third-order valence-corrected chi connectivity index (χ3v) is 2.77. The Morgan fingerprint density at radius 2 is 1.71 bits per heavy atom. The standard InChI is InChI=1S/C10H7Cl2F3OS/c1-17(16)5-9(10(13,14)15)6-2-7(11)4-8(12)3-6/h2-5H,1H3/b9-5-. The predicted molar refractivity (Wildman–Crippen MR) is 64.6 cm³/mol. The molecular formula is C10H7Cl2F3OS. The molecule has 17 heavy (non-hydrogen) atoms. The summed E-state index contributed by atoms with van der Waals surface area (Å²) < 4.78 is 49.1. The Labute approximate surface area is 109 Å². The number of allylic oxidation sites excluding steroid dienone is 1. The Kier molecular flexibility index (Phi) is 4.77. The van der Waals surface area contributed by atoms with E-state index in [2.05, 4.69) is 0 Å². The van der Waals surface area contributed by atoms with Crippen molar-refractivity contribution in [2.75, 3.05) is 6.26 Å². The van der Waals surface area contributed by atoms with Crippen LogP contribution >= 0.6 is 23.2 Å². The predicted octanol–water partition coefficient (Wildman–Crippen LogP) is 4.28. The zero-order chi connectivity index (χ0) is 13.2. The Hall–Kier alpha value is -0.360. The molecule has 0 bridgehead atoms. The highest BCUT2D eigenvalue weighted by molar-refractivity contribution is 7.93. The molecule has 1 unspecified atom stereocenters. The molecule has 94 valence electrons. The first-order valence-electron chi connectivity index (χ1n) is 4.28. The smallest absolute Gasteiger partial charge is 0.421 e. The fourth-order valence-electron chi connectivity index (χ4n) is 1.17. The lowest BCUT2D eigenvalue weighted by Gasteiger charge is -2.12. The van der Waals surface area contributed by atoms with Gasteiger partial charge in [-0.05, 0) is 34.9 Å². The van der Waals surface area contributed by atoms with Gasteiger partial charge in [-0.25, -0.2) is 0 Å². The number of rotatable bonds is 2. The Bertz CT molecular complexity index is 423. The van der Waals surface area contributed by atoms with Crippen molar-refractivity contribution in [2.45, 2.75) is 6.18 Å². The Morgan fingerprint density at radius 1 is 1.24 bits per heavy atom. The van der Waals surface area contributed by atoms with Crippen LogP contribution in [0.2, 0.25) is 10.0 Å². The average molecular weight is 303 g/mol. The molecule has 0 radical (unpaired) electrons. The topological polar surface area (TPSA) is 23.1 Å². The summed E-state index contributed by atoms with van der Waals surface area (Å²) in [7, 11) is 0. The van der Waals surface area contributed by atoms with E-state index in [1.54, 1.807) is 0 Å². The van der Waals surface area contributed by atoms with Gasteiger partial charge in [0, 0.05) is 10.0 Å². The SMILES string of the molecule is C[S+]([O-])/C=C(/c1cc(Cl)cc(Cl)c1)C(F)(F)F. The lowest BCUT2D eigenvalue weighted by molar-refractivity contribution is -0.0688. The highest BCUT2D eigenvalue weighted by Gasteiger charge is 2.36. The quantitative estimate of drug-likeness (QED) is 0.748. The fraction of sp³-hybridized carbons (Fsp3) is 0.200. The number of hydrogen-bond acceptors (Lipinski definition) is 1. The molecule has 7 heteroatoms. The lowest BCUT2D eigenvalue weighted by atomic mass is 10.1. The van der Waals surface area contributed by atoms with Gasteiger partial charge >= 0.3 is 6.18 Å². The molecule has 0 fully saturated rings. The molecule has 0 heterocycles. The fourth-order valence-corrected chi connectivity index (χ4v) is 2.30. The van der Waals surface area contributed by atoms with E-state index in [0.29, 0.717) is 5.41 Å². The maximum Gasteiger partial charge on any atom is 0.421 e. The van der Waals surface area contributed by atoms with Crippen LogP contribution in [-0.2, 0) is 11.2 Å². The molecule has 1 nitrogen and oxygen atoms in total. The second kappa shape index (κ2) is 5.52. The summed E-state index contributed by atoms with van der Waals surface area (Å²) in [5.74, 6) is 0. The number of halogens is 5. The van der Waals surface area contributed by atoms with Gasteiger partial charge in [0.2, 0.25) is 0 Å². The van der Waals surface area contributed by atoms with Gasteiger partial charge in [-0.3, -0.25) is 0 Å². The maximum absolute atomic E-state index is 12.7. The third-order valence-electron chi connectivity index (χ3n) is 1.76. The third kappa shape index (κ3) is 4.43. The van der Waals surface area contributed by atoms with Crippen molar-refractivity contribution in [2.24, 2.45) is 0 Å². The summed E-state index contributed by atoms with van der Waals surface area (Å²) in [5.41, 5.74) is -1.21. The molecule has 0 aliphatic heterocycles. The summed E-state index contributed by atoms with van der Waals surface area (Å²) >= 11 is 9.53. The summed E-state index contributed by atoms with van der Waals surface area (Å²) in [6, 6.07) is 3.57. The molecule has 0 aromatic heterocycles. The highest BCUT2D eigenvalue weighted by atomic mass is 35.5. The molecule has 0 aliphatic carbocycles. The lowest BCUT2D eigenvalue weighted by Crippen LogP contribution is -2.12. The van der Waals surface area contributed by atoms with E-state index in [4.69, 9.17) is 23.2 Å².